The summed E-state index contributed by atoms with van der Waals surface area (Å²) in [7, 11) is 1.60. The number of nitrogens with one attached hydrogen (secondary N) is 1. The molecule has 226 valence electrons. The average Bonchev–Trinajstić information content (AvgIpc) is 2.92. The van der Waals surface area contributed by atoms with Gasteiger partial charge in [-0.1, -0.05) is 49.4 Å². The second kappa shape index (κ2) is 15.0. The molecule has 0 bridgehead atoms. The normalized spacial score (nSPS) is 15.6. The van der Waals surface area contributed by atoms with Gasteiger partial charge in [0.15, 0.2) is 0 Å². The Morgan fingerprint density at radius 2 is 1.93 bits per heavy atom. The molecule has 1 fully saturated rings. The largest absolute Gasteiger partial charge is 0.383 e. The number of carbonyl (C=O) groups is 2. The van der Waals surface area contributed by atoms with E-state index in [-0.39, 0.29) is 23.3 Å². The molecule has 1 saturated heterocycles. The number of halogens is 3. The van der Waals surface area contributed by atoms with Crippen LogP contribution in [0.3, 0.4) is 0 Å². The summed E-state index contributed by atoms with van der Waals surface area (Å²) < 4.78 is 47.6. The van der Waals surface area contributed by atoms with Crippen LogP contribution in [0.15, 0.2) is 55.1 Å². The van der Waals surface area contributed by atoms with E-state index in [0.717, 1.165) is 53.1 Å². The minimum absolute atomic E-state index is 0.112. The molecule has 3 rings (SSSR count). The molecule has 1 atom stereocenters. The van der Waals surface area contributed by atoms with Gasteiger partial charge in [-0.25, -0.2) is 13.2 Å². The molecule has 2 aromatic rings. The van der Waals surface area contributed by atoms with Gasteiger partial charge in [0.05, 0.1) is 12.2 Å². The zero-order chi connectivity index (χ0) is 30.9. The number of nitrogens with zero attached hydrogens (tertiary/aromatic N) is 1. The zero-order valence-electron chi connectivity index (χ0n) is 24.9. The van der Waals surface area contributed by atoms with Gasteiger partial charge in [0.2, 0.25) is 0 Å². The number of rotatable bonds is 13. The Labute approximate surface area is 246 Å². The molecule has 2 aromatic carbocycles. The molecule has 5 nitrogen and oxygen atoms in total. The third-order valence-corrected chi connectivity index (χ3v) is 7.49. The Morgan fingerprint density at radius 1 is 1.19 bits per heavy atom. The zero-order valence-corrected chi connectivity index (χ0v) is 24.9. The summed E-state index contributed by atoms with van der Waals surface area (Å²) in [4.78, 5) is 26.8. The minimum atomic E-state index is -3.23. The van der Waals surface area contributed by atoms with E-state index in [1.165, 1.54) is 0 Å². The van der Waals surface area contributed by atoms with E-state index in [2.05, 4.69) is 37.0 Å². The van der Waals surface area contributed by atoms with Gasteiger partial charge in [0.1, 0.15) is 5.82 Å². The van der Waals surface area contributed by atoms with Gasteiger partial charge >= 0.3 is 0 Å². The predicted octanol–water partition coefficient (Wildman–Crippen LogP) is 5.50. The second-order valence-corrected chi connectivity index (χ2v) is 10.9. The van der Waals surface area contributed by atoms with Crippen LogP contribution in [-0.4, -0.2) is 50.1 Å². The van der Waals surface area contributed by atoms with Crippen LogP contribution in [0.5, 0.6) is 0 Å². The number of hydrogen-bond acceptors (Lipinski definition) is 3. The van der Waals surface area contributed by atoms with E-state index < -0.39 is 29.6 Å². The van der Waals surface area contributed by atoms with Gasteiger partial charge in [-0.3, -0.25) is 9.59 Å². The van der Waals surface area contributed by atoms with Gasteiger partial charge in [0, 0.05) is 44.3 Å². The Morgan fingerprint density at radius 3 is 2.57 bits per heavy atom. The molecule has 1 unspecified atom stereocenters. The van der Waals surface area contributed by atoms with E-state index in [0.29, 0.717) is 31.8 Å². The fourth-order valence-electron chi connectivity index (χ4n) is 4.95. The Balaban J connectivity index is 1.52. The van der Waals surface area contributed by atoms with Crippen molar-refractivity contribution in [3.63, 3.8) is 0 Å². The van der Waals surface area contributed by atoms with Crippen molar-refractivity contribution in [1.82, 2.24) is 10.2 Å². The number of benzene rings is 2. The molecule has 0 radical (unpaired) electrons. The molecule has 0 saturated carbocycles. The van der Waals surface area contributed by atoms with Gasteiger partial charge in [-0.2, -0.15) is 0 Å². The summed E-state index contributed by atoms with van der Waals surface area (Å²) in [6.07, 6.45) is 10.6. The first-order valence-corrected chi connectivity index (χ1v) is 14.3. The van der Waals surface area contributed by atoms with Crippen molar-refractivity contribution in [1.29, 1.82) is 0 Å². The van der Waals surface area contributed by atoms with Crippen LogP contribution in [0.4, 0.5) is 13.2 Å². The highest BCUT2D eigenvalue weighted by molar-refractivity contribution is 5.96. The standard InChI is InChI=1S/C34H41F3N2O3/c1-6-15-34(36,37)28-13-14-29(31(35)20-28)33(41)39-21-25(22-39)10-8-9-23(3)11-12-27-18-24(4)30(19-26(27)7-2)32(40)38-16-17-42-5/h6-9,12-14,18-20,23,25H,1,10-11,15-17,21-22H2,2-5H3,(H,38,40). The van der Waals surface area contributed by atoms with Crippen molar-refractivity contribution in [2.45, 2.75) is 46.0 Å². The molecule has 1 aliphatic heterocycles. The maximum Gasteiger partial charge on any atom is 0.276 e. The van der Waals surface area contributed by atoms with Crippen molar-refractivity contribution < 1.29 is 27.5 Å². The monoisotopic (exact) mass is 582 g/mol. The molecule has 42 heavy (non-hydrogen) atoms. The van der Waals surface area contributed by atoms with E-state index in [1.54, 1.807) is 12.0 Å². The summed E-state index contributed by atoms with van der Waals surface area (Å²) in [5, 5.41) is 4.96. The molecule has 2 amide bonds. The molecule has 0 aliphatic carbocycles. The molecule has 1 heterocycles. The topological polar surface area (TPSA) is 58.6 Å². The molecule has 1 N–H and O–H groups in total. The second-order valence-electron chi connectivity index (χ2n) is 10.9. The maximum absolute atomic E-state index is 14.5. The number of amides is 2. The highest BCUT2D eigenvalue weighted by Gasteiger charge is 2.34. The maximum atomic E-state index is 14.5. The third-order valence-electron chi connectivity index (χ3n) is 7.49. The number of hydrogen-bond donors (Lipinski definition) is 1. The van der Waals surface area contributed by atoms with Gasteiger partial charge < -0.3 is 15.0 Å². The van der Waals surface area contributed by atoms with E-state index in [1.807, 2.05) is 32.1 Å². The minimum Gasteiger partial charge on any atom is -0.383 e. The summed E-state index contributed by atoms with van der Waals surface area (Å²) >= 11 is 0. The number of aryl methyl sites for hydroxylation is 1. The van der Waals surface area contributed by atoms with Crippen molar-refractivity contribution in [3.05, 3.63) is 93.6 Å². The van der Waals surface area contributed by atoms with Gasteiger partial charge in [0.25, 0.3) is 17.7 Å². The first kappa shape index (κ1) is 32.9. The van der Waals surface area contributed by atoms with Crippen LogP contribution >= 0.6 is 0 Å². The fourth-order valence-corrected chi connectivity index (χ4v) is 4.95. The summed E-state index contributed by atoms with van der Waals surface area (Å²) in [6.45, 7) is 11.2. The highest BCUT2D eigenvalue weighted by Crippen LogP contribution is 2.33. The Bertz CT molecular complexity index is 1430. The number of ether oxygens (including phenoxy) is 1. The molecular formula is C34H41F3N2O3. The Kier molecular flexibility index (Phi) is 11.7. The predicted molar refractivity (Wildman–Crippen MR) is 161 cm³/mol. The number of methoxy groups -OCH3 is 1. The van der Waals surface area contributed by atoms with Crippen molar-refractivity contribution >= 4 is 24.0 Å². The van der Waals surface area contributed by atoms with Crippen molar-refractivity contribution in [2.24, 2.45) is 11.8 Å². The van der Waals surface area contributed by atoms with Crippen LogP contribution in [0.2, 0.25) is 0 Å². The number of likely N-dealkylation sites (tertiary alicyclic amines) is 1. The third kappa shape index (κ3) is 8.44. The first-order valence-electron chi connectivity index (χ1n) is 14.3. The summed E-state index contributed by atoms with van der Waals surface area (Å²) in [5.74, 6) is -4.20. The van der Waals surface area contributed by atoms with E-state index in [9.17, 15) is 22.8 Å². The fraction of sp³-hybridized carbons (Fsp3) is 0.412. The molecular weight excluding hydrogens is 541 g/mol. The van der Waals surface area contributed by atoms with Gasteiger partial charge in [-0.05, 0) is 72.7 Å². The van der Waals surface area contributed by atoms with E-state index >= 15 is 0 Å². The lowest BCUT2D eigenvalue weighted by atomic mass is 9.93. The van der Waals surface area contributed by atoms with Crippen LogP contribution in [0, 0.1) is 24.6 Å². The first-order chi connectivity index (χ1) is 20.0. The number of allylic oxidation sites excluding steroid dienone is 3. The highest BCUT2D eigenvalue weighted by atomic mass is 19.3. The van der Waals surface area contributed by atoms with E-state index in [4.69, 9.17) is 4.74 Å². The smallest absolute Gasteiger partial charge is 0.276 e. The summed E-state index contributed by atoms with van der Waals surface area (Å²) in [6, 6.07) is 6.96. The number of carbonyl (C=O) groups excluding carboxylic acids is 2. The number of alkyl halides is 2. The van der Waals surface area contributed by atoms with Crippen LogP contribution in [-0.2, 0) is 10.7 Å². The van der Waals surface area contributed by atoms with Crippen LogP contribution in [0.25, 0.3) is 12.2 Å². The quantitative estimate of drug-likeness (QED) is 0.251. The molecule has 0 spiro atoms. The van der Waals surface area contributed by atoms with Crippen molar-refractivity contribution in [2.75, 3.05) is 33.4 Å². The SMILES string of the molecule is C=CCC(F)(F)c1ccc(C(=O)N2CC(CC=CC(C)CC=c3cc(C)c(C(=O)NCCOC)cc3=CC)C2)c(F)c1. The van der Waals surface area contributed by atoms with Crippen LogP contribution in [0.1, 0.15) is 65.0 Å². The molecule has 8 heteroatoms. The lowest BCUT2D eigenvalue weighted by Gasteiger charge is -2.39. The Hall–Kier alpha value is -3.65. The lowest BCUT2D eigenvalue weighted by Crippen LogP contribution is -2.50. The lowest BCUT2D eigenvalue weighted by molar-refractivity contribution is -0.00125. The van der Waals surface area contributed by atoms with Crippen LogP contribution < -0.4 is 15.8 Å². The molecule has 0 aromatic heterocycles. The van der Waals surface area contributed by atoms with Crippen molar-refractivity contribution in [3.8, 4) is 0 Å². The molecule has 1 aliphatic rings. The average molecular weight is 583 g/mol. The van der Waals surface area contributed by atoms with Gasteiger partial charge in [-0.15, -0.1) is 6.58 Å². The summed E-state index contributed by atoms with van der Waals surface area (Å²) in [5.41, 5.74) is 0.911.